The average molecular weight is 364 g/mol. The van der Waals surface area contributed by atoms with Gasteiger partial charge in [-0.3, -0.25) is 0 Å². The molecule has 0 unspecified atom stereocenters. The largest absolute Gasteiger partial charge is 0.504 e. The quantitative estimate of drug-likeness (QED) is 0.759. The van der Waals surface area contributed by atoms with E-state index in [2.05, 4.69) is 30.9 Å². The van der Waals surface area contributed by atoms with Gasteiger partial charge in [0.1, 0.15) is 0 Å². The summed E-state index contributed by atoms with van der Waals surface area (Å²) in [6.07, 6.45) is 0. The number of hydrogen-bond acceptors (Lipinski definition) is 5. The second-order valence-electron chi connectivity index (χ2n) is 6.94. The zero-order valence-corrected chi connectivity index (χ0v) is 16.0. The van der Waals surface area contributed by atoms with Crippen LogP contribution in [0.15, 0.2) is 36.4 Å². The van der Waals surface area contributed by atoms with Gasteiger partial charge in [0.2, 0.25) is 0 Å². The second-order valence-corrected chi connectivity index (χ2v) is 6.94. The molecule has 3 aromatic rings. The molecule has 0 spiro atoms. The van der Waals surface area contributed by atoms with Crippen LogP contribution in [0.2, 0.25) is 0 Å². The molecule has 140 valence electrons. The molecule has 27 heavy (non-hydrogen) atoms. The molecule has 2 aromatic carbocycles. The van der Waals surface area contributed by atoms with Crippen molar-refractivity contribution in [3.05, 3.63) is 47.5 Å². The summed E-state index contributed by atoms with van der Waals surface area (Å²) in [4.78, 5) is 7.23. The van der Waals surface area contributed by atoms with Crippen LogP contribution in [-0.4, -0.2) is 43.5 Å². The number of aromatic nitrogens is 1. The monoisotopic (exact) mass is 364 g/mol. The molecule has 5 heteroatoms. The van der Waals surface area contributed by atoms with Crippen molar-refractivity contribution in [1.82, 2.24) is 4.98 Å². The number of para-hydroxylation sites is 1. The summed E-state index contributed by atoms with van der Waals surface area (Å²) in [6.45, 7) is 7.53. The van der Waals surface area contributed by atoms with E-state index in [4.69, 9.17) is 14.5 Å². The molecular formula is C22H24N2O3. The summed E-state index contributed by atoms with van der Waals surface area (Å²) in [5.41, 5.74) is 5.86. The topological polar surface area (TPSA) is 54.8 Å². The molecule has 0 bridgehead atoms. The van der Waals surface area contributed by atoms with Crippen LogP contribution in [0, 0.1) is 13.8 Å². The van der Waals surface area contributed by atoms with Gasteiger partial charge in [0.25, 0.3) is 0 Å². The van der Waals surface area contributed by atoms with Crippen molar-refractivity contribution in [2.45, 2.75) is 13.8 Å². The van der Waals surface area contributed by atoms with E-state index in [1.807, 2.05) is 18.2 Å². The van der Waals surface area contributed by atoms with E-state index in [-0.39, 0.29) is 5.75 Å². The number of ether oxygens (including phenoxy) is 2. The number of methoxy groups -OCH3 is 1. The number of phenolic OH excluding ortho intramolecular Hbond substituents is 1. The van der Waals surface area contributed by atoms with Crippen LogP contribution in [-0.2, 0) is 4.74 Å². The van der Waals surface area contributed by atoms with Crippen molar-refractivity contribution in [1.29, 1.82) is 0 Å². The van der Waals surface area contributed by atoms with Crippen LogP contribution in [0.3, 0.4) is 0 Å². The Hall–Kier alpha value is -2.79. The first-order valence-electron chi connectivity index (χ1n) is 9.19. The number of hydrogen-bond donors (Lipinski definition) is 1. The van der Waals surface area contributed by atoms with E-state index >= 15 is 0 Å². The average Bonchev–Trinajstić information content (AvgIpc) is 2.69. The van der Waals surface area contributed by atoms with Crippen molar-refractivity contribution >= 4 is 16.6 Å². The molecule has 1 aliphatic heterocycles. The maximum atomic E-state index is 10.5. The zero-order valence-electron chi connectivity index (χ0n) is 16.0. The first kappa shape index (κ1) is 17.6. The highest BCUT2D eigenvalue weighted by atomic mass is 16.5. The molecule has 1 saturated heterocycles. The lowest BCUT2D eigenvalue weighted by atomic mass is 10.0. The summed E-state index contributed by atoms with van der Waals surface area (Å²) in [6, 6.07) is 11.9. The van der Waals surface area contributed by atoms with Crippen LogP contribution >= 0.6 is 0 Å². The predicted octanol–water partition coefficient (Wildman–Crippen LogP) is 4.07. The van der Waals surface area contributed by atoms with Gasteiger partial charge in [0.15, 0.2) is 11.5 Å². The number of anilines is 1. The summed E-state index contributed by atoms with van der Waals surface area (Å²) in [5.74, 6) is 0.570. The number of benzene rings is 2. The fourth-order valence-corrected chi connectivity index (χ4v) is 3.68. The van der Waals surface area contributed by atoms with Gasteiger partial charge in [-0.15, -0.1) is 0 Å². The molecule has 5 nitrogen and oxygen atoms in total. The first-order chi connectivity index (χ1) is 13.1. The number of fused-ring (bicyclic) bond motifs is 1. The van der Waals surface area contributed by atoms with Crippen molar-refractivity contribution in [3.8, 4) is 22.8 Å². The fraction of sp³-hybridized carbons (Fsp3) is 0.318. The Kier molecular flexibility index (Phi) is 4.62. The minimum atomic E-state index is 0.119. The first-order valence-corrected chi connectivity index (χ1v) is 9.19. The van der Waals surface area contributed by atoms with Gasteiger partial charge < -0.3 is 19.5 Å². The number of morpholine rings is 1. The molecule has 1 aliphatic rings. The Morgan fingerprint density at radius 2 is 1.85 bits per heavy atom. The number of phenols is 1. The van der Waals surface area contributed by atoms with Gasteiger partial charge in [-0.25, -0.2) is 4.98 Å². The van der Waals surface area contributed by atoms with Gasteiger partial charge in [-0.05, 0) is 55.3 Å². The zero-order chi connectivity index (χ0) is 19.0. The highest BCUT2D eigenvalue weighted by Gasteiger charge is 2.16. The van der Waals surface area contributed by atoms with E-state index in [9.17, 15) is 5.11 Å². The third-order valence-corrected chi connectivity index (χ3v) is 5.17. The van der Waals surface area contributed by atoms with Gasteiger partial charge >= 0.3 is 0 Å². The van der Waals surface area contributed by atoms with Crippen LogP contribution < -0.4 is 9.64 Å². The Morgan fingerprint density at radius 1 is 1.07 bits per heavy atom. The number of nitrogens with zero attached hydrogens (tertiary/aromatic N) is 2. The molecule has 0 radical (unpaired) electrons. The maximum Gasteiger partial charge on any atom is 0.167 e. The number of aromatic hydroxyl groups is 1. The molecule has 0 saturated carbocycles. The smallest absolute Gasteiger partial charge is 0.167 e. The third kappa shape index (κ3) is 3.19. The summed E-state index contributed by atoms with van der Waals surface area (Å²) >= 11 is 0. The Morgan fingerprint density at radius 3 is 2.59 bits per heavy atom. The van der Waals surface area contributed by atoms with Crippen LogP contribution in [0.25, 0.3) is 22.2 Å². The fourth-order valence-electron chi connectivity index (χ4n) is 3.68. The summed E-state index contributed by atoms with van der Waals surface area (Å²) in [5, 5.41) is 11.6. The molecule has 2 heterocycles. The highest BCUT2D eigenvalue weighted by Crippen LogP contribution is 2.38. The lowest BCUT2D eigenvalue weighted by Gasteiger charge is -2.29. The number of rotatable bonds is 3. The third-order valence-electron chi connectivity index (χ3n) is 5.17. The Bertz CT molecular complexity index is 995. The normalized spacial score (nSPS) is 14.6. The van der Waals surface area contributed by atoms with E-state index in [1.54, 1.807) is 13.2 Å². The summed E-state index contributed by atoms with van der Waals surface area (Å²) < 4.78 is 10.7. The Balaban J connectivity index is 1.84. The molecule has 1 aromatic heterocycles. The van der Waals surface area contributed by atoms with E-state index in [1.165, 1.54) is 5.69 Å². The van der Waals surface area contributed by atoms with E-state index in [0.29, 0.717) is 11.3 Å². The Labute approximate surface area is 159 Å². The van der Waals surface area contributed by atoms with Crippen LogP contribution in [0.4, 0.5) is 5.69 Å². The minimum absolute atomic E-state index is 0.119. The van der Waals surface area contributed by atoms with Crippen LogP contribution in [0.5, 0.6) is 11.5 Å². The SMILES string of the molecule is COc1cccc(-c2cc(C)c3cc(N4CCOCC4)cc(C)c3n2)c1O. The molecule has 0 amide bonds. The molecule has 1 N–H and O–H groups in total. The summed E-state index contributed by atoms with van der Waals surface area (Å²) in [7, 11) is 1.55. The van der Waals surface area contributed by atoms with Gasteiger partial charge in [-0.1, -0.05) is 6.07 Å². The van der Waals surface area contributed by atoms with Gasteiger partial charge in [0, 0.05) is 29.7 Å². The number of aryl methyl sites for hydroxylation is 2. The minimum Gasteiger partial charge on any atom is -0.504 e. The predicted molar refractivity (Wildman–Crippen MR) is 108 cm³/mol. The van der Waals surface area contributed by atoms with Gasteiger partial charge in [-0.2, -0.15) is 0 Å². The van der Waals surface area contributed by atoms with Gasteiger partial charge in [0.05, 0.1) is 31.5 Å². The molecule has 1 fully saturated rings. The molecule has 4 rings (SSSR count). The van der Waals surface area contributed by atoms with E-state index in [0.717, 1.165) is 54.0 Å². The lowest BCUT2D eigenvalue weighted by Crippen LogP contribution is -2.36. The molecule has 0 atom stereocenters. The molecular weight excluding hydrogens is 340 g/mol. The van der Waals surface area contributed by atoms with Crippen molar-refractivity contribution in [2.75, 3.05) is 38.3 Å². The van der Waals surface area contributed by atoms with Crippen molar-refractivity contribution in [3.63, 3.8) is 0 Å². The standard InChI is InChI=1S/C22H24N2O3/c1-14-12-19(17-5-4-6-20(26-3)22(17)25)23-21-15(2)11-16(13-18(14)21)24-7-9-27-10-8-24/h4-6,11-13,25H,7-10H2,1-3H3. The van der Waals surface area contributed by atoms with Crippen molar-refractivity contribution in [2.24, 2.45) is 0 Å². The lowest BCUT2D eigenvalue weighted by molar-refractivity contribution is 0.122. The van der Waals surface area contributed by atoms with Crippen LogP contribution in [0.1, 0.15) is 11.1 Å². The maximum absolute atomic E-state index is 10.5. The molecule has 0 aliphatic carbocycles. The second kappa shape index (κ2) is 7.08. The van der Waals surface area contributed by atoms with Crippen molar-refractivity contribution < 1.29 is 14.6 Å². The highest BCUT2D eigenvalue weighted by molar-refractivity contribution is 5.91. The number of pyridine rings is 1. The van der Waals surface area contributed by atoms with E-state index < -0.39 is 0 Å².